The van der Waals surface area contributed by atoms with Crippen molar-refractivity contribution >= 4 is 5.70 Å². The summed E-state index contributed by atoms with van der Waals surface area (Å²) in [7, 11) is 0. The summed E-state index contributed by atoms with van der Waals surface area (Å²) in [4.78, 5) is 0. The number of hydrogen-bond acceptors (Lipinski definition) is 2. The molecule has 2 heteroatoms. The van der Waals surface area contributed by atoms with Gasteiger partial charge in [-0.3, -0.25) is 0 Å². The topological polar surface area (TPSA) is 24.1 Å². The van der Waals surface area contributed by atoms with Crippen LogP contribution in [0.15, 0.2) is 30.5 Å². The minimum absolute atomic E-state index is 0.807. The quantitative estimate of drug-likeness (QED) is 0.812. The monoisotopic (exact) mass is 228 g/mol. The van der Waals surface area contributed by atoms with Gasteiger partial charge in [0, 0.05) is 6.20 Å². The molecular weight excluding hydrogens is 208 g/mol. The normalized spacial score (nSPS) is 20.6. The second-order valence-electron chi connectivity index (χ2n) is 5.07. The molecule has 0 amide bonds. The molecule has 3 rings (SSSR count). The third-order valence-corrected chi connectivity index (χ3v) is 3.93. The van der Waals surface area contributed by atoms with Gasteiger partial charge in [0.05, 0.1) is 12.4 Å². The second kappa shape index (κ2) is 4.82. The first-order valence-corrected chi connectivity index (χ1v) is 6.71. The van der Waals surface area contributed by atoms with Gasteiger partial charge in [0.15, 0.2) is 0 Å². The Balaban J connectivity index is 1.75. The van der Waals surface area contributed by atoms with Gasteiger partial charge in [0.2, 0.25) is 0 Å². The maximum Gasteiger partial charge on any atom is 0.0846 e. The lowest BCUT2D eigenvalue weighted by molar-refractivity contribution is 0.443. The van der Waals surface area contributed by atoms with Crippen molar-refractivity contribution in [2.45, 2.75) is 38.0 Å². The molecule has 1 aliphatic heterocycles. The van der Waals surface area contributed by atoms with E-state index in [4.69, 9.17) is 0 Å². The van der Waals surface area contributed by atoms with Crippen molar-refractivity contribution < 1.29 is 0 Å². The molecule has 0 radical (unpaired) electrons. The molecule has 1 saturated carbocycles. The van der Waals surface area contributed by atoms with Crippen LogP contribution < -0.4 is 10.6 Å². The Morgan fingerprint density at radius 1 is 0.941 bits per heavy atom. The highest BCUT2D eigenvalue weighted by molar-refractivity contribution is 5.65. The van der Waals surface area contributed by atoms with Crippen LogP contribution in [0.5, 0.6) is 0 Å². The Labute approximate surface area is 103 Å². The summed E-state index contributed by atoms with van der Waals surface area (Å²) in [6.45, 7) is 0.847. The van der Waals surface area contributed by atoms with Crippen molar-refractivity contribution in [3.63, 3.8) is 0 Å². The summed E-state index contributed by atoms with van der Waals surface area (Å²) in [5.74, 6) is 0.807. The van der Waals surface area contributed by atoms with E-state index in [1.165, 1.54) is 48.9 Å². The lowest BCUT2D eigenvalue weighted by atomic mass is 9.84. The third-order valence-electron chi connectivity index (χ3n) is 3.93. The summed E-state index contributed by atoms with van der Waals surface area (Å²) in [6, 6.07) is 9.11. The first-order valence-electron chi connectivity index (χ1n) is 6.71. The molecule has 90 valence electrons. The molecule has 1 heterocycles. The lowest BCUT2D eigenvalue weighted by Crippen LogP contribution is -2.13. The summed E-state index contributed by atoms with van der Waals surface area (Å²) in [5.41, 5.74) is 4.02. The molecule has 0 unspecified atom stereocenters. The van der Waals surface area contributed by atoms with Crippen LogP contribution in [0.1, 0.15) is 49.1 Å². The van der Waals surface area contributed by atoms with Crippen LogP contribution in [0.4, 0.5) is 0 Å². The summed E-state index contributed by atoms with van der Waals surface area (Å²) in [5, 5.41) is 6.50. The number of hydrogen-bond donors (Lipinski definition) is 2. The van der Waals surface area contributed by atoms with E-state index in [2.05, 4.69) is 41.1 Å². The Bertz CT molecular complexity index is 399. The molecule has 0 saturated heterocycles. The first kappa shape index (κ1) is 10.7. The minimum atomic E-state index is 0.807. The number of rotatable bonds is 2. The van der Waals surface area contributed by atoms with E-state index in [0.717, 1.165) is 12.6 Å². The fourth-order valence-electron chi connectivity index (χ4n) is 2.91. The molecule has 1 aromatic carbocycles. The van der Waals surface area contributed by atoms with Gasteiger partial charge in [-0.05, 0) is 29.9 Å². The Hall–Kier alpha value is -1.44. The van der Waals surface area contributed by atoms with E-state index in [1.54, 1.807) is 0 Å². The molecule has 0 atom stereocenters. The van der Waals surface area contributed by atoms with Gasteiger partial charge in [-0.25, -0.2) is 0 Å². The van der Waals surface area contributed by atoms with Crippen LogP contribution in [-0.4, -0.2) is 6.67 Å². The van der Waals surface area contributed by atoms with Gasteiger partial charge in [0.25, 0.3) is 0 Å². The van der Waals surface area contributed by atoms with Gasteiger partial charge < -0.3 is 10.6 Å². The molecule has 17 heavy (non-hydrogen) atoms. The van der Waals surface area contributed by atoms with Crippen LogP contribution in [0.3, 0.4) is 0 Å². The maximum atomic E-state index is 3.32. The molecule has 0 aromatic heterocycles. The van der Waals surface area contributed by atoms with Crippen molar-refractivity contribution in [3.05, 3.63) is 41.6 Å². The van der Waals surface area contributed by atoms with E-state index in [0.29, 0.717) is 0 Å². The average molecular weight is 228 g/mol. The van der Waals surface area contributed by atoms with Crippen molar-refractivity contribution in [3.8, 4) is 0 Å². The fraction of sp³-hybridized carbons (Fsp3) is 0.467. The molecule has 2 N–H and O–H groups in total. The van der Waals surface area contributed by atoms with Gasteiger partial charge in [0.1, 0.15) is 0 Å². The standard InChI is InChI=1S/C15H20N2/c1-2-4-12(5-3-1)13-6-8-14(9-7-13)15-10-16-11-17-15/h6-10,12,16-17H,1-5,11H2. The van der Waals surface area contributed by atoms with E-state index in [-0.39, 0.29) is 0 Å². The van der Waals surface area contributed by atoms with Crippen LogP contribution in [0.25, 0.3) is 5.70 Å². The van der Waals surface area contributed by atoms with Crippen molar-refractivity contribution in [2.24, 2.45) is 0 Å². The highest BCUT2D eigenvalue weighted by atomic mass is 15.1. The largest absolute Gasteiger partial charge is 0.372 e. The molecule has 1 aromatic rings. The maximum absolute atomic E-state index is 3.32. The fourth-order valence-corrected chi connectivity index (χ4v) is 2.91. The third kappa shape index (κ3) is 2.31. The molecule has 0 spiro atoms. The van der Waals surface area contributed by atoms with E-state index in [1.807, 2.05) is 0 Å². The lowest BCUT2D eigenvalue weighted by Gasteiger charge is -2.22. The number of benzene rings is 1. The van der Waals surface area contributed by atoms with Crippen molar-refractivity contribution in [1.29, 1.82) is 0 Å². The molecular formula is C15H20N2. The van der Waals surface area contributed by atoms with Gasteiger partial charge >= 0.3 is 0 Å². The molecule has 1 aliphatic carbocycles. The Kier molecular flexibility index (Phi) is 3.04. The number of nitrogens with one attached hydrogen (secondary N) is 2. The molecule has 2 aliphatic rings. The van der Waals surface area contributed by atoms with Crippen LogP contribution in [-0.2, 0) is 0 Å². The predicted octanol–water partition coefficient (Wildman–Crippen LogP) is 3.18. The van der Waals surface area contributed by atoms with Crippen LogP contribution in [0, 0.1) is 0 Å². The molecule has 2 nitrogen and oxygen atoms in total. The predicted molar refractivity (Wildman–Crippen MR) is 71.4 cm³/mol. The zero-order valence-electron chi connectivity index (χ0n) is 10.2. The summed E-state index contributed by atoms with van der Waals surface area (Å²) in [6.07, 6.45) is 9.04. The van der Waals surface area contributed by atoms with E-state index >= 15 is 0 Å². The Morgan fingerprint density at radius 2 is 1.71 bits per heavy atom. The first-order chi connectivity index (χ1) is 8.43. The zero-order chi connectivity index (χ0) is 11.5. The van der Waals surface area contributed by atoms with Crippen molar-refractivity contribution in [1.82, 2.24) is 10.6 Å². The highest BCUT2D eigenvalue weighted by Gasteiger charge is 2.15. The zero-order valence-corrected chi connectivity index (χ0v) is 10.2. The minimum Gasteiger partial charge on any atom is -0.372 e. The summed E-state index contributed by atoms with van der Waals surface area (Å²) < 4.78 is 0. The highest BCUT2D eigenvalue weighted by Crippen LogP contribution is 2.32. The molecule has 0 bridgehead atoms. The smallest absolute Gasteiger partial charge is 0.0846 e. The van der Waals surface area contributed by atoms with Crippen LogP contribution in [0.2, 0.25) is 0 Å². The van der Waals surface area contributed by atoms with Gasteiger partial charge in [-0.1, -0.05) is 43.5 Å². The van der Waals surface area contributed by atoms with Crippen molar-refractivity contribution in [2.75, 3.05) is 6.67 Å². The van der Waals surface area contributed by atoms with E-state index in [9.17, 15) is 0 Å². The van der Waals surface area contributed by atoms with Crippen LogP contribution >= 0.6 is 0 Å². The average Bonchev–Trinajstić information content (AvgIpc) is 2.94. The SMILES string of the molecule is C1=C(c2ccc(C3CCCCC3)cc2)NCN1. The Morgan fingerprint density at radius 3 is 2.35 bits per heavy atom. The van der Waals surface area contributed by atoms with E-state index < -0.39 is 0 Å². The van der Waals surface area contributed by atoms with Gasteiger partial charge in [-0.2, -0.15) is 0 Å². The second-order valence-corrected chi connectivity index (χ2v) is 5.07. The molecule has 1 fully saturated rings. The summed E-state index contributed by atoms with van der Waals surface area (Å²) >= 11 is 0. The van der Waals surface area contributed by atoms with Gasteiger partial charge in [-0.15, -0.1) is 0 Å².